The van der Waals surface area contributed by atoms with E-state index in [-0.39, 0.29) is 18.6 Å². The van der Waals surface area contributed by atoms with E-state index in [1.54, 1.807) is 35.4 Å². The molecule has 0 fully saturated rings. The molecule has 0 N–H and O–H groups in total. The van der Waals surface area contributed by atoms with Crippen LogP contribution in [0.4, 0.5) is 0 Å². The number of esters is 1. The average molecular weight is 368 g/mol. The maximum atomic E-state index is 12.4. The van der Waals surface area contributed by atoms with Gasteiger partial charge in [0.2, 0.25) is 0 Å². The molecule has 1 aromatic heterocycles. The van der Waals surface area contributed by atoms with Gasteiger partial charge in [-0.15, -0.1) is 11.3 Å². The van der Waals surface area contributed by atoms with Gasteiger partial charge in [-0.25, -0.2) is 9.78 Å². The van der Waals surface area contributed by atoms with Gasteiger partial charge in [0, 0.05) is 7.05 Å². The molecular weight excluding hydrogens is 348 g/mol. The fourth-order valence-electron chi connectivity index (χ4n) is 2.45. The first kappa shape index (κ1) is 18.1. The first-order valence-corrected chi connectivity index (χ1v) is 9.12. The molecule has 0 saturated heterocycles. The topological polar surface area (TPSA) is 59.5 Å². The van der Waals surface area contributed by atoms with Crippen LogP contribution >= 0.6 is 11.3 Å². The number of fused-ring (bicyclic) bond motifs is 1. The Kier molecular flexibility index (Phi) is 5.32. The van der Waals surface area contributed by atoms with Gasteiger partial charge in [0.05, 0.1) is 21.8 Å². The molecule has 0 aliphatic heterocycles. The molecule has 0 spiro atoms. The van der Waals surface area contributed by atoms with Crippen LogP contribution in [0.3, 0.4) is 0 Å². The molecule has 1 amide bonds. The smallest absolute Gasteiger partial charge is 0.338 e. The first-order valence-electron chi connectivity index (χ1n) is 8.30. The maximum absolute atomic E-state index is 12.4. The Morgan fingerprint density at radius 2 is 1.85 bits per heavy atom. The van der Waals surface area contributed by atoms with Crippen molar-refractivity contribution in [1.82, 2.24) is 9.88 Å². The zero-order valence-electron chi connectivity index (χ0n) is 14.9. The standard InChI is InChI=1S/C20H20N2O3S/c1-13-8-10-15(11-9-13)20(24)25-12-18(23)22(3)14(2)19-21-16-6-4-5-7-17(16)26-19/h4-11,14H,12H2,1-3H3/t14-/m1/s1. The number of carbonyl (C=O) groups is 2. The summed E-state index contributed by atoms with van der Waals surface area (Å²) in [7, 11) is 1.69. The summed E-state index contributed by atoms with van der Waals surface area (Å²) in [4.78, 5) is 30.6. The third-order valence-corrected chi connectivity index (χ3v) is 5.46. The molecule has 134 valence electrons. The monoisotopic (exact) mass is 368 g/mol. The molecule has 0 aliphatic carbocycles. The first-order chi connectivity index (χ1) is 12.5. The predicted octanol–water partition coefficient (Wildman–Crippen LogP) is 3.98. The highest BCUT2D eigenvalue weighted by molar-refractivity contribution is 7.18. The van der Waals surface area contributed by atoms with Gasteiger partial charge in [-0.05, 0) is 38.1 Å². The molecule has 0 unspecified atom stereocenters. The van der Waals surface area contributed by atoms with Gasteiger partial charge < -0.3 is 9.64 Å². The van der Waals surface area contributed by atoms with Crippen LogP contribution in [-0.2, 0) is 9.53 Å². The molecule has 1 atom stereocenters. The third-order valence-electron chi connectivity index (χ3n) is 4.26. The Hall–Kier alpha value is -2.73. The van der Waals surface area contributed by atoms with Gasteiger partial charge in [0.25, 0.3) is 5.91 Å². The van der Waals surface area contributed by atoms with Gasteiger partial charge >= 0.3 is 5.97 Å². The van der Waals surface area contributed by atoms with Crippen molar-refractivity contribution in [2.24, 2.45) is 0 Å². The SMILES string of the molecule is Cc1ccc(C(=O)OCC(=O)N(C)[C@H](C)c2nc3ccccc3s2)cc1. The predicted molar refractivity (Wildman–Crippen MR) is 102 cm³/mol. The number of hydrogen-bond acceptors (Lipinski definition) is 5. The van der Waals surface area contributed by atoms with E-state index >= 15 is 0 Å². The van der Waals surface area contributed by atoms with E-state index in [1.165, 1.54) is 0 Å². The second-order valence-corrected chi connectivity index (χ2v) is 7.20. The molecule has 0 radical (unpaired) electrons. The van der Waals surface area contributed by atoms with Crippen LogP contribution in [-0.4, -0.2) is 35.4 Å². The van der Waals surface area contributed by atoms with Crippen LogP contribution < -0.4 is 0 Å². The molecule has 0 aliphatic rings. The van der Waals surface area contributed by atoms with Crippen molar-refractivity contribution in [2.75, 3.05) is 13.7 Å². The second kappa shape index (κ2) is 7.66. The molecule has 5 nitrogen and oxygen atoms in total. The number of hydrogen-bond donors (Lipinski definition) is 0. The molecule has 3 aromatic rings. The minimum Gasteiger partial charge on any atom is -0.452 e. The third kappa shape index (κ3) is 3.91. The summed E-state index contributed by atoms with van der Waals surface area (Å²) in [5.41, 5.74) is 2.42. The zero-order chi connectivity index (χ0) is 18.7. The number of nitrogens with zero attached hydrogens (tertiary/aromatic N) is 2. The number of aromatic nitrogens is 1. The number of ether oxygens (including phenoxy) is 1. The minimum absolute atomic E-state index is 0.196. The van der Waals surface area contributed by atoms with E-state index in [1.807, 2.05) is 50.2 Å². The van der Waals surface area contributed by atoms with Gasteiger partial charge in [0.1, 0.15) is 5.01 Å². The molecule has 6 heteroatoms. The highest BCUT2D eigenvalue weighted by Crippen LogP contribution is 2.28. The maximum Gasteiger partial charge on any atom is 0.338 e. The number of carbonyl (C=O) groups excluding carboxylic acids is 2. The summed E-state index contributed by atoms with van der Waals surface area (Å²) >= 11 is 1.56. The van der Waals surface area contributed by atoms with E-state index in [2.05, 4.69) is 4.98 Å². The summed E-state index contributed by atoms with van der Waals surface area (Å²) in [6, 6.07) is 14.7. The van der Waals surface area contributed by atoms with Gasteiger partial charge in [0.15, 0.2) is 6.61 Å². The molecule has 2 aromatic carbocycles. The molecule has 3 rings (SSSR count). The normalized spacial score (nSPS) is 12.0. The molecular formula is C20H20N2O3S. The number of aryl methyl sites for hydroxylation is 1. The number of para-hydroxylation sites is 1. The number of amides is 1. The number of benzene rings is 2. The lowest BCUT2D eigenvalue weighted by Gasteiger charge is -2.23. The van der Waals surface area contributed by atoms with Crippen LogP contribution in [0.15, 0.2) is 48.5 Å². The van der Waals surface area contributed by atoms with E-state index in [4.69, 9.17) is 4.74 Å². The highest BCUT2D eigenvalue weighted by Gasteiger charge is 2.22. The van der Waals surface area contributed by atoms with Crippen molar-refractivity contribution < 1.29 is 14.3 Å². The quantitative estimate of drug-likeness (QED) is 0.639. The average Bonchev–Trinajstić information content (AvgIpc) is 3.09. The minimum atomic E-state index is -0.501. The summed E-state index contributed by atoms with van der Waals surface area (Å²) in [5, 5.41) is 0.854. The Bertz CT molecular complexity index is 901. The molecule has 0 bridgehead atoms. The molecule has 1 heterocycles. The summed E-state index contributed by atoms with van der Waals surface area (Å²) in [6.45, 7) is 3.56. The fourth-order valence-corrected chi connectivity index (χ4v) is 3.52. The largest absolute Gasteiger partial charge is 0.452 e. The van der Waals surface area contributed by atoms with Crippen LogP contribution in [0.25, 0.3) is 10.2 Å². The Labute approximate surface area is 156 Å². The van der Waals surface area contributed by atoms with E-state index in [9.17, 15) is 9.59 Å². The van der Waals surface area contributed by atoms with Crippen molar-refractivity contribution >= 4 is 33.4 Å². The number of thiazole rings is 1. The summed E-state index contributed by atoms with van der Waals surface area (Å²) in [5.74, 6) is -0.767. The molecule has 26 heavy (non-hydrogen) atoms. The van der Waals surface area contributed by atoms with Crippen LogP contribution in [0.2, 0.25) is 0 Å². The van der Waals surface area contributed by atoms with E-state index in [0.717, 1.165) is 20.8 Å². The summed E-state index contributed by atoms with van der Waals surface area (Å²) < 4.78 is 6.23. The Morgan fingerprint density at radius 1 is 1.15 bits per heavy atom. The number of likely N-dealkylation sites (N-methyl/N-ethyl adjacent to an activating group) is 1. The van der Waals surface area contributed by atoms with Crippen molar-refractivity contribution in [3.63, 3.8) is 0 Å². The van der Waals surface area contributed by atoms with Crippen LogP contribution in [0.1, 0.15) is 33.9 Å². The van der Waals surface area contributed by atoms with E-state index < -0.39 is 5.97 Å². The lowest BCUT2D eigenvalue weighted by atomic mass is 10.1. The summed E-state index contributed by atoms with van der Waals surface area (Å²) in [6.07, 6.45) is 0. The zero-order valence-corrected chi connectivity index (χ0v) is 15.7. The van der Waals surface area contributed by atoms with Crippen molar-refractivity contribution in [2.45, 2.75) is 19.9 Å². The van der Waals surface area contributed by atoms with Gasteiger partial charge in [-0.3, -0.25) is 4.79 Å². The Morgan fingerprint density at radius 3 is 2.54 bits per heavy atom. The Balaban J connectivity index is 1.61. The van der Waals surface area contributed by atoms with Crippen molar-refractivity contribution in [3.05, 3.63) is 64.7 Å². The lowest BCUT2D eigenvalue weighted by molar-refractivity contribution is -0.135. The lowest BCUT2D eigenvalue weighted by Crippen LogP contribution is -2.33. The van der Waals surface area contributed by atoms with E-state index in [0.29, 0.717) is 5.56 Å². The van der Waals surface area contributed by atoms with Gasteiger partial charge in [-0.2, -0.15) is 0 Å². The fraction of sp³-hybridized carbons (Fsp3) is 0.250. The van der Waals surface area contributed by atoms with Crippen molar-refractivity contribution in [1.29, 1.82) is 0 Å². The van der Waals surface area contributed by atoms with Gasteiger partial charge in [-0.1, -0.05) is 29.8 Å². The van der Waals surface area contributed by atoms with Crippen LogP contribution in [0.5, 0.6) is 0 Å². The number of rotatable bonds is 5. The highest BCUT2D eigenvalue weighted by atomic mass is 32.1. The van der Waals surface area contributed by atoms with Crippen molar-refractivity contribution in [3.8, 4) is 0 Å². The second-order valence-electron chi connectivity index (χ2n) is 6.14. The van der Waals surface area contributed by atoms with Crippen LogP contribution in [0, 0.1) is 6.92 Å². The molecule has 0 saturated carbocycles.